The second-order valence-electron chi connectivity index (χ2n) is 3.85. The van der Waals surface area contributed by atoms with Crippen LogP contribution in [0.15, 0.2) is 23.4 Å². The summed E-state index contributed by atoms with van der Waals surface area (Å²) in [6.45, 7) is 1.36. The third kappa shape index (κ3) is 2.95. The molecule has 0 unspecified atom stereocenters. The zero-order chi connectivity index (χ0) is 16.9. The third-order valence-electron chi connectivity index (χ3n) is 2.57. The van der Waals surface area contributed by atoms with Gasteiger partial charge in [-0.2, -0.15) is 15.8 Å². The number of nitrogens with zero attached hydrogens (tertiary/aromatic N) is 5. The van der Waals surface area contributed by atoms with E-state index in [1.165, 1.54) is 31.2 Å². The molecular weight excluding hydrogens is 292 g/mol. The molecule has 0 aromatic heterocycles. The van der Waals surface area contributed by atoms with Crippen LogP contribution in [0, 0.1) is 61.1 Å². The van der Waals surface area contributed by atoms with Gasteiger partial charge in [0, 0.05) is 11.6 Å². The molecule has 108 valence electrons. The molecule has 0 aliphatic heterocycles. The minimum absolute atomic E-state index is 0.117. The second-order valence-corrected chi connectivity index (χ2v) is 3.85. The van der Waals surface area contributed by atoms with Crippen molar-refractivity contribution in [3.63, 3.8) is 0 Å². The van der Waals surface area contributed by atoms with E-state index in [1.807, 2.05) is 0 Å². The minimum atomic E-state index is -0.873. The molecule has 0 amide bonds. The van der Waals surface area contributed by atoms with Gasteiger partial charge in [-0.05, 0) is 13.0 Å². The van der Waals surface area contributed by atoms with Gasteiger partial charge in [0.1, 0.15) is 23.9 Å². The third-order valence-corrected chi connectivity index (χ3v) is 2.57. The van der Waals surface area contributed by atoms with Crippen molar-refractivity contribution in [3.05, 3.63) is 49.2 Å². The number of hydrogen-bond acceptors (Lipinski definition) is 8. The van der Waals surface area contributed by atoms with Gasteiger partial charge in [0.05, 0.1) is 9.85 Å². The number of rotatable bonds is 4. The molecule has 22 heavy (non-hydrogen) atoms. The molecule has 0 aliphatic carbocycles. The summed E-state index contributed by atoms with van der Waals surface area (Å²) in [7, 11) is 0. The highest BCUT2D eigenvalue weighted by Gasteiger charge is 2.28. The van der Waals surface area contributed by atoms with E-state index in [9.17, 15) is 20.2 Å². The topological polar surface area (TPSA) is 170 Å². The SMILES string of the molecule is Cc1ccc([N+](=O)[O-])c(NC(C#N)=C(C#N)C#N)c1[N+](=O)[O-]. The quantitative estimate of drug-likeness (QED) is 0.499. The van der Waals surface area contributed by atoms with Crippen molar-refractivity contribution >= 4 is 17.1 Å². The van der Waals surface area contributed by atoms with Crippen LogP contribution < -0.4 is 5.32 Å². The monoisotopic (exact) mass is 298 g/mol. The molecule has 0 atom stereocenters. The molecule has 0 fully saturated rings. The van der Waals surface area contributed by atoms with E-state index in [2.05, 4.69) is 5.32 Å². The van der Waals surface area contributed by atoms with Crippen LogP contribution in [0.4, 0.5) is 17.1 Å². The van der Waals surface area contributed by atoms with Crippen LogP contribution in [0.5, 0.6) is 0 Å². The maximum Gasteiger partial charge on any atom is 0.302 e. The highest BCUT2D eigenvalue weighted by Crippen LogP contribution is 2.37. The van der Waals surface area contributed by atoms with E-state index in [4.69, 9.17) is 15.8 Å². The zero-order valence-corrected chi connectivity index (χ0v) is 11.0. The molecule has 0 aliphatic rings. The lowest BCUT2D eigenvalue weighted by molar-refractivity contribution is -0.392. The first-order valence-electron chi connectivity index (χ1n) is 5.51. The van der Waals surface area contributed by atoms with E-state index in [0.717, 1.165) is 6.07 Å². The van der Waals surface area contributed by atoms with Crippen molar-refractivity contribution in [2.45, 2.75) is 6.92 Å². The average molecular weight is 298 g/mol. The maximum atomic E-state index is 11.1. The van der Waals surface area contributed by atoms with Crippen LogP contribution in [-0.2, 0) is 0 Å². The molecule has 10 nitrogen and oxygen atoms in total. The lowest BCUT2D eigenvalue weighted by Crippen LogP contribution is -2.07. The van der Waals surface area contributed by atoms with E-state index in [0.29, 0.717) is 0 Å². The molecule has 0 saturated heterocycles. The lowest BCUT2D eigenvalue weighted by atomic mass is 10.1. The molecule has 0 saturated carbocycles. The summed E-state index contributed by atoms with van der Waals surface area (Å²) in [5.41, 5.74) is -2.97. The smallest absolute Gasteiger partial charge is 0.302 e. The Labute approximate surface area is 123 Å². The molecule has 1 aromatic rings. The lowest BCUT2D eigenvalue weighted by Gasteiger charge is -2.08. The summed E-state index contributed by atoms with van der Waals surface area (Å²) in [4.78, 5) is 20.4. The standard InChI is InChI=1S/C12H6N6O4/c1-7-2-3-10(17(19)20)11(12(7)18(21)22)16-9(6-15)8(4-13)5-14/h2-3,16H,1H3. The van der Waals surface area contributed by atoms with Gasteiger partial charge in [0.25, 0.3) is 5.69 Å². The van der Waals surface area contributed by atoms with Crippen molar-refractivity contribution in [2.24, 2.45) is 0 Å². The number of anilines is 1. The van der Waals surface area contributed by atoms with Crippen LogP contribution in [0.3, 0.4) is 0 Å². The number of nitro groups is 2. The maximum absolute atomic E-state index is 11.1. The Kier molecular flexibility index (Phi) is 4.72. The van der Waals surface area contributed by atoms with Crippen LogP contribution in [0.1, 0.15) is 5.56 Å². The Hall–Kier alpha value is -3.97. The van der Waals surface area contributed by atoms with E-state index in [-0.39, 0.29) is 5.56 Å². The van der Waals surface area contributed by atoms with Crippen molar-refractivity contribution in [2.75, 3.05) is 5.32 Å². The van der Waals surface area contributed by atoms with Crippen LogP contribution in [0.2, 0.25) is 0 Å². The zero-order valence-electron chi connectivity index (χ0n) is 11.0. The van der Waals surface area contributed by atoms with Gasteiger partial charge in [0.15, 0.2) is 11.3 Å². The predicted octanol–water partition coefficient (Wildman–Crippen LogP) is 2.05. The highest BCUT2D eigenvalue weighted by atomic mass is 16.6. The van der Waals surface area contributed by atoms with Gasteiger partial charge in [-0.3, -0.25) is 20.2 Å². The Bertz CT molecular complexity index is 806. The van der Waals surface area contributed by atoms with Gasteiger partial charge in [-0.15, -0.1) is 0 Å². The van der Waals surface area contributed by atoms with Gasteiger partial charge < -0.3 is 5.32 Å². The molecule has 0 radical (unpaired) electrons. The molecule has 0 heterocycles. The number of nitrogens with one attached hydrogen (secondary N) is 1. The van der Waals surface area contributed by atoms with Crippen LogP contribution in [-0.4, -0.2) is 9.85 Å². The van der Waals surface area contributed by atoms with E-state index < -0.39 is 38.2 Å². The van der Waals surface area contributed by atoms with Crippen molar-refractivity contribution in [1.29, 1.82) is 15.8 Å². The van der Waals surface area contributed by atoms with Crippen molar-refractivity contribution in [1.82, 2.24) is 0 Å². The number of benzene rings is 1. The Morgan fingerprint density at radius 1 is 1.09 bits per heavy atom. The summed E-state index contributed by atoms with van der Waals surface area (Å²) in [5, 5.41) is 50.7. The Morgan fingerprint density at radius 2 is 1.68 bits per heavy atom. The fraction of sp³-hybridized carbons (Fsp3) is 0.0833. The van der Waals surface area contributed by atoms with Crippen LogP contribution >= 0.6 is 0 Å². The first-order valence-corrected chi connectivity index (χ1v) is 5.51. The van der Waals surface area contributed by atoms with Gasteiger partial charge >= 0.3 is 5.69 Å². The predicted molar refractivity (Wildman–Crippen MR) is 72.0 cm³/mol. The highest BCUT2D eigenvalue weighted by molar-refractivity contribution is 5.79. The molecule has 1 rings (SSSR count). The molecule has 1 N–H and O–H groups in total. The molecule has 0 bridgehead atoms. The first kappa shape index (κ1) is 16.1. The summed E-state index contributed by atoms with van der Waals surface area (Å²) in [6, 6.07) is 6.55. The minimum Gasteiger partial charge on any atom is -0.334 e. The van der Waals surface area contributed by atoms with E-state index in [1.54, 1.807) is 0 Å². The fourth-order valence-corrected chi connectivity index (χ4v) is 1.60. The van der Waals surface area contributed by atoms with Gasteiger partial charge in [0.2, 0.25) is 0 Å². The molecular formula is C12H6N6O4. The number of hydrogen-bond donors (Lipinski definition) is 1. The number of nitro benzene ring substituents is 2. The summed E-state index contributed by atoms with van der Waals surface area (Å²) in [5.74, 6) is 0. The molecule has 1 aromatic carbocycles. The normalized spacial score (nSPS) is 8.82. The fourth-order valence-electron chi connectivity index (χ4n) is 1.60. The second kappa shape index (κ2) is 6.46. The number of aryl methyl sites for hydroxylation is 1. The summed E-state index contributed by atoms with van der Waals surface area (Å²) < 4.78 is 0. The number of allylic oxidation sites excluding steroid dienone is 2. The number of nitriles is 3. The van der Waals surface area contributed by atoms with Gasteiger partial charge in [-0.25, -0.2) is 0 Å². The van der Waals surface area contributed by atoms with Gasteiger partial charge in [-0.1, -0.05) is 0 Å². The Morgan fingerprint density at radius 3 is 2.09 bits per heavy atom. The molecule has 10 heteroatoms. The van der Waals surface area contributed by atoms with Crippen molar-refractivity contribution < 1.29 is 9.85 Å². The van der Waals surface area contributed by atoms with Crippen LogP contribution in [0.25, 0.3) is 0 Å². The summed E-state index contributed by atoms with van der Waals surface area (Å²) in [6.07, 6.45) is 0. The average Bonchev–Trinajstić information content (AvgIpc) is 2.46. The van der Waals surface area contributed by atoms with E-state index >= 15 is 0 Å². The molecule has 0 spiro atoms. The summed E-state index contributed by atoms with van der Waals surface area (Å²) >= 11 is 0. The first-order chi connectivity index (χ1) is 10.4. The van der Waals surface area contributed by atoms with Crippen molar-refractivity contribution in [3.8, 4) is 18.2 Å². The largest absolute Gasteiger partial charge is 0.334 e. The Balaban J connectivity index is 3.70.